The van der Waals surface area contributed by atoms with E-state index in [1.807, 2.05) is 6.07 Å². The van der Waals surface area contributed by atoms with Crippen LogP contribution in [0.25, 0.3) is 11.1 Å². The molecule has 2 rings (SSSR count). The third-order valence-electron chi connectivity index (χ3n) is 2.68. The third kappa shape index (κ3) is 3.72. The number of hydrogen-bond donors (Lipinski definition) is 1. The largest absolute Gasteiger partial charge is 0.400 e. The van der Waals surface area contributed by atoms with E-state index >= 15 is 0 Å². The van der Waals surface area contributed by atoms with Gasteiger partial charge < -0.3 is 5.11 Å². The minimum Gasteiger partial charge on any atom is -0.400 e. The van der Waals surface area contributed by atoms with Crippen molar-refractivity contribution < 1.29 is 5.11 Å². The summed E-state index contributed by atoms with van der Waals surface area (Å²) < 4.78 is 0. The van der Waals surface area contributed by atoms with Gasteiger partial charge in [0, 0.05) is 7.11 Å². The van der Waals surface area contributed by atoms with Crippen molar-refractivity contribution in [3.05, 3.63) is 60.2 Å². The van der Waals surface area contributed by atoms with Crippen molar-refractivity contribution in [2.45, 2.75) is 19.8 Å². The van der Waals surface area contributed by atoms with Crippen LogP contribution in [0.5, 0.6) is 0 Å². The molecule has 0 amide bonds. The topological polar surface area (TPSA) is 20.2 Å². The zero-order valence-electron chi connectivity index (χ0n) is 10.7. The first kappa shape index (κ1) is 13.5. The standard InChI is InChI=1S/C15H16.CH4O/c1-12(2)13-8-10-15(11-9-13)14-6-4-3-5-7-14;1-2/h3-12H,1-2H3;2H,1H3. The van der Waals surface area contributed by atoms with E-state index in [0.717, 1.165) is 7.11 Å². The van der Waals surface area contributed by atoms with E-state index in [0.29, 0.717) is 5.92 Å². The molecule has 0 aromatic heterocycles. The fourth-order valence-corrected chi connectivity index (χ4v) is 1.69. The normalized spacial score (nSPS) is 9.71. The second-order valence-corrected chi connectivity index (χ2v) is 4.14. The second-order valence-electron chi connectivity index (χ2n) is 4.14. The quantitative estimate of drug-likeness (QED) is 0.821. The van der Waals surface area contributed by atoms with Gasteiger partial charge in [0.2, 0.25) is 0 Å². The van der Waals surface area contributed by atoms with Gasteiger partial charge >= 0.3 is 0 Å². The van der Waals surface area contributed by atoms with Crippen LogP contribution in [0.4, 0.5) is 0 Å². The van der Waals surface area contributed by atoms with Crippen LogP contribution in [0.1, 0.15) is 25.3 Å². The van der Waals surface area contributed by atoms with Gasteiger partial charge in [0.1, 0.15) is 0 Å². The predicted octanol–water partition coefficient (Wildman–Crippen LogP) is 4.09. The van der Waals surface area contributed by atoms with Crippen molar-refractivity contribution in [2.24, 2.45) is 0 Å². The highest BCUT2D eigenvalue weighted by Crippen LogP contribution is 2.22. The Morgan fingerprint density at radius 1 is 0.706 bits per heavy atom. The summed E-state index contributed by atoms with van der Waals surface area (Å²) >= 11 is 0. The van der Waals surface area contributed by atoms with Gasteiger partial charge in [-0.15, -0.1) is 0 Å². The van der Waals surface area contributed by atoms with Crippen LogP contribution in [-0.4, -0.2) is 12.2 Å². The van der Waals surface area contributed by atoms with E-state index in [9.17, 15) is 0 Å². The number of aliphatic hydroxyl groups excluding tert-OH is 1. The van der Waals surface area contributed by atoms with Gasteiger partial charge in [-0.25, -0.2) is 0 Å². The molecule has 90 valence electrons. The van der Waals surface area contributed by atoms with Crippen LogP contribution in [0.3, 0.4) is 0 Å². The summed E-state index contributed by atoms with van der Waals surface area (Å²) in [5.74, 6) is 0.606. The molecule has 1 N–H and O–H groups in total. The average Bonchev–Trinajstić information content (AvgIpc) is 2.42. The van der Waals surface area contributed by atoms with Crippen molar-refractivity contribution in [3.63, 3.8) is 0 Å². The van der Waals surface area contributed by atoms with Crippen LogP contribution < -0.4 is 0 Å². The number of hydrogen-bond acceptors (Lipinski definition) is 1. The molecule has 0 fully saturated rings. The maximum Gasteiger partial charge on any atom is 0.0319 e. The fourth-order valence-electron chi connectivity index (χ4n) is 1.69. The van der Waals surface area contributed by atoms with Gasteiger partial charge in [0.15, 0.2) is 0 Å². The molecule has 0 aliphatic rings. The van der Waals surface area contributed by atoms with E-state index < -0.39 is 0 Å². The maximum atomic E-state index is 7.00. The Labute approximate surface area is 104 Å². The Balaban J connectivity index is 0.000000686. The first-order chi connectivity index (χ1) is 8.27. The van der Waals surface area contributed by atoms with Gasteiger partial charge in [-0.3, -0.25) is 0 Å². The molecule has 2 aromatic carbocycles. The molecule has 0 atom stereocenters. The molecular formula is C16H20O. The molecule has 1 heteroatoms. The number of benzene rings is 2. The number of aliphatic hydroxyl groups is 1. The molecule has 0 saturated carbocycles. The molecule has 0 aliphatic carbocycles. The summed E-state index contributed by atoms with van der Waals surface area (Å²) in [5, 5.41) is 7.00. The van der Waals surface area contributed by atoms with Crippen molar-refractivity contribution in [1.82, 2.24) is 0 Å². The molecule has 0 radical (unpaired) electrons. The zero-order chi connectivity index (χ0) is 12.7. The van der Waals surface area contributed by atoms with E-state index in [-0.39, 0.29) is 0 Å². The fraction of sp³-hybridized carbons (Fsp3) is 0.250. The van der Waals surface area contributed by atoms with Crippen LogP contribution in [0.15, 0.2) is 54.6 Å². The van der Waals surface area contributed by atoms with Crippen molar-refractivity contribution >= 4 is 0 Å². The minimum absolute atomic E-state index is 0.606. The lowest BCUT2D eigenvalue weighted by molar-refractivity contribution is 0.399. The lowest BCUT2D eigenvalue weighted by atomic mass is 9.99. The molecule has 0 heterocycles. The lowest BCUT2D eigenvalue weighted by Crippen LogP contribution is -1.86. The van der Waals surface area contributed by atoms with Crippen LogP contribution >= 0.6 is 0 Å². The number of rotatable bonds is 2. The molecule has 2 aromatic rings. The highest BCUT2D eigenvalue weighted by atomic mass is 16.2. The average molecular weight is 228 g/mol. The molecule has 17 heavy (non-hydrogen) atoms. The van der Waals surface area contributed by atoms with E-state index in [1.54, 1.807) is 0 Å². The summed E-state index contributed by atoms with van der Waals surface area (Å²) in [7, 11) is 1.00. The molecule has 0 unspecified atom stereocenters. The molecule has 0 aliphatic heterocycles. The molecule has 0 spiro atoms. The summed E-state index contributed by atoms with van der Waals surface area (Å²) in [6.45, 7) is 4.44. The Kier molecular flexibility index (Phi) is 5.44. The van der Waals surface area contributed by atoms with Crippen LogP contribution in [-0.2, 0) is 0 Å². The summed E-state index contributed by atoms with van der Waals surface area (Å²) in [4.78, 5) is 0. The second kappa shape index (κ2) is 6.87. The lowest BCUT2D eigenvalue weighted by Gasteiger charge is -2.06. The van der Waals surface area contributed by atoms with E-state index in [2.05, 4.69) is 62.4 Å². The van der Waals surface area contributed by atoms with Gasteiger partial charge in [-0.05, 0) is 22.6 Å². The highest BCUT2D eigenvalue weighted by Gasteiger charge is 1.99. The zero-order valence-corrected chi connectivity index (χ0v) is 10.7. The Bertz CT molecular complexity index is 415. The van der Waals surface area contributed by atoms with Gasteiger partial charge in [0.05, 0.1) is 0 Å². The molecular weight excluding hydrogens is 208 g/mol. The monoisotopic (exact) mass is 228 g/mol. The van der Waals surface area contributed by atoms with Crippen LogP contribution in [0.2, 0.25) is 0 Å². The van der Waals surface area contributed by atoms with E-state index in [4.69, 9.17) is 5.11 Å². The van der Waals surface area contributed by atoms with E-state index in [1.165, 1.54) is 16.7 Å². The Hall–Kier alpha value is -1.60. The molecule has 1 nitrogen and oxygen atoms in total. The predicted molar refractivity (Wildman–Crippen MR) is 74.1 cm³/mol. The van der Waals surface area contributed by atoms with Crippen molar-refractivity contribution in [2.75, 3.05) is 7.11 Å². The molecule has 0 bridgehead atoms. The summed E-state index contributed by atoms with van der Waals surface area (Å²) in [6.07, 6.45) is 0. The first-order valence-electron chi connectivity index (χ1n) is 5.87. The Morgan fingerprint density at radius 2 is 1.18 bits per heavy atom. The highest BCUT2D eigenvalue weighted by molar-refractivity contribution is 5.63. The van der Waals surface area contributed by atoms with Crippen molar-refractivity contribution in [3.8, 4) is 11.1 Å². The van der Waals surface area contributed by atoms with Gasteiger partial charge in [-0.2, -0.15) is 0 Å². The maximum absolute atomic E-state index is 7.00. The minimum atomic E-state index is 0.606. The van der Waals surface area contributed by atoms with Gasteiger partial charge in [0.25, 0.3) is 0 Å². The summed E-state index contributed by atoms with van der Waals surface area (Å²) in [5.41, 5.74) is 3.97. The van der Waals surface area contributed by atoms with Crippen LogP contribution in [0, 0.1) is 0 Å². The summed E-state index contributed by atoms with van der Waals surface area (Å²) in [6, 6.07) is 19.3. The SMILES string of the molecule is CC(C)c1ccc(-c2ccccc2)cc1.CO. The third-order valence-corrected chi connectivity index (χ3v) is 2.68. The first-order valence-corrected chi connectivity index (χ1v) is 5.87. The smallest absolute Gasteiger partial charge is 0.0319 e. The molecule has 0 saturated heterocycles. The Morgan fingerprint density at radius 3 is 1.65 bits per heavy atom. The van der Waals surface area contributed by atoms with Gasteiger partial charge in [-0.1, -0.05) is 68.4 Å². The van der Waals surface area contributed by atoms with Crippen molar-refractivity contribution in [1.29, 1.82) is 0 Å².